The Kier molecular flexibility index (Phi) is 6.37. The number of fused-ring (bicyclic) bond motifs is 1. The summed E-state index contributed by atoms with van der Waals surface area (Å²) in [6, 6.07) is 18.3. The van der Waals surface area contributed by atoms with E-state index in [1.54, 1.807) is 0 Å². The molecular weight excluding hydrogens is 368 g/mol. The van der Waals surface area contributed by atoms with E-state index in [9.17, 15) is 9.59 Å². The van der Waals surface area contributed by atoms with Gasteiger partial charge in [0, 0.05) is 10.6 Å². The van der Waals surface area contributed by atoms with E-state index in [-0.39, 0.29) is 24.1 Å². The van der Waals surface area contributed by atoms with Crippen molar-refractivity contribution in [1.29, 1.82) is 0 Å². The van der Waals surface area contributed by atoms with E-state index in [4.69, 9.17) is 0 Å². The van der Waals surface area contributed by atoms with E-state index < -0.39 is 0 Å². The maximum absolute atomic E-state index is 12.2. The summed E-state index contributed by atoms with van der Waals surface area (Å²) < 4.78 is 0. The number of hydrogen-bond donors (Lipinski definition) is 2. The first-order chi connectivity index (χ1) is 13.4. The molecule has 3 aromatic carbocycles. The third-order valence-electron chi connectivity index (χ3n) is 4.48. The highest BCUT2D eigenvalue weighted by Crippen LogP contribution is 2.23. The van der Waals surface area contributed by atoms with Gasteiger partial charge in [0.1, 0.15) is 0 Å². The van der Waals surface area contributed by atoms with Gasteiger partial charge in [0.25, 0.3) is 0 Å². The molecule has 2 N–H and O–H groups in total. The van der Waals surface area contributed by atoms with Gasteiger partial charge in [-0.25, -0.2) is 0 Å². The molecule has 0 radical (unpaired) electrons. The van der Waals surface area contributed by atoms with Crippen LogP contribution in [0.2, 0.25) is 0 Å². The number of hydrogen-bond acceptors (Lipinski definition) is 3. The maximum Gasteiger partial charge on any atom is 0.243 e. The summed E-state index contributed by atoms with van der Waals surface area (Å²) in [5, 5.41) is 7.91. The van der Waals surface area contributed by atoms with Gasteiger partial charge >= 0.3 is 0 Å². The van der Waals surface area contributed by atoms with Crippen molar-refractivity contribution < 1.29 is 9.59 Å². The quantitative estimate of drug-likeness (QED) is 0.602. The van der Waals surface area contributed by atoms with Crippen LogP contribution >= 0.6 is 11.8 Å². The molecule has 0 saturated carbocycles. The predicted molar refractivity (Wildman–Crippen MR) is 117 cm³/mol. The predicted octanol–water partition coefficient (Wildman–Crippen LogP) is 4.61. The summed E-state index contributed by atoms with van der Waals surface area (Å²) in [6.07, 6.45) is 0. The second-order valence-electron chi connectivity index (χ2n) is 6.90. The fourth-order valence-corrected chi connectivity index (χ4v) is 3.97. The number of amides is 2. The van der Waals surface area contributed by atoms with Gasteiger partial charge in [0.15, 0.2) is 0 Å². The second-order valence-corrected chi connectivity index (χ2v) is 7.95. The fourth-order valence-electron chi connectivity index (χ4n) is 3.20. The molecule has 3 aromatic rings. The molecule has 4 nitrogen and oxygen atoms in total. The summed E-state index contributed by atoms with van der Waals surface area (Å²) >= 11 is 1.46. The molecule has 28 heavy (non-hydrogen) atoms. The number of anilines is 1. The minimum Gasteiger partial charge on any atom is -0.346 e. The molecular formula is C23H24N2O2S. The van der Waals surface area contributed by atoms with Gasteiger partial charge in [0.2, 0.25) is 11.8 Å². The van der Waals surface area contributed by atoms with Gasteiger partial charge in [-0.1, -0.05) is 48.0 Å². The van der Waals surface area contributed by atoms with Crippen molar-refractivity contribution in [3.8, 4) is 0 Å². The van der Waals surface area contributed by atoms with E-state index >= 15 is 0 Å². The van der Waals surface area contributed by atoms with Crippen LogP contribution < -0.4 is 10.6 Å². The lowest BCUT2D eigenvalue weighted by molar-refractivity contribution is -0.122. The molecule has 0 bridgehead atoms. The molecule has 2 amide bonds. The fraction of sp³-hybridized carbons (Fsp3) is 0.217. The van der Waals surface area contributed by atoms with Crippen LogP contribution in [-0.2, 0) is 9.59 Å². The van der Waals surface area contributed by atoms with Crippen molar-refractivity contribution in [2.45, 2.75) is 25.7 Å². The minimum atomic E-state index is -0.223. The highest BCUT2D eigenvalue weighted by molar-refractivity contribution is 8.00. The van der Waals surface area contributed by atoms with Crippen molar-refractivity contribution in [2.75, 3.05) is 17.6 Å². The number of aryl methyl sites for hydroxylation is 3. The smallest absolute Gasteiger partial charge is 0.243 e. The zero-order valence-electron chi connectivity index (χ0n) is 16.3. The molecule has 0 saturated heterocycles. The van der Waals surface area contributed by atoms with Crippen LogP contribution in [0.3, 0.4) is 0 Å². The number of benzene rings is 3. The lowest BCUT2D eigenvalue weighted by Crippen LogP contribution is -2.34. The third kappa shape index (κ3) is 5.14. The Morgan fingerprint density at radius 2 is 1.54 bits per heavy atom. The first-order valence-corrected chi connectivity index (χ1v) is 10.2. The van der Waals surface area contributed by atoms with Gasteiger partial charge in [-0.15, -0.1) is 11.8 Å². The Morgan fingerprint density at radius 3 is 2.25 bits per heavy atom. The summed E-state index contributed by atoms with van der Waals surface area (Å²) in [4.78, 5) is 25.3. The van der Waals surface area contributed by atoms with Crippen LogP contribution in [-0.4, -0.2) is 24.1 Å². The molecule has 0 aliphatic carbocycles. The van der Waals surface area contributed by atoms with E-state index in [0.717, 1.165) is 32.7 Å². The van der Waals surface area contributed by atoms with Crippen molar-refractivity contribution in [2.24, 2.45) is 0 Å². The SMILES string of the molecule is Cc1cc(C)c(NC(=O)CNC(=O)CSc2ccc3ccccc3c2)c(C)c1. The Hall–Kier alpha value is -2.79. The molecule has 0 aliphatic rings. The molecule has 144 valence electrons. The second kappa shape index (κ2) is 8.93. The van der Waals surface area contributed by atoms with Gasteiger partial charge in [-0.2, -0.15) is 0 Å². The normalized spacial score (nSPS) is 10.7. The van der Waals surface area contributed by atoms with Crippen molar-refractivity contribution in [3.05, 3.63) is 71.3 Å². The van der Waals surface area contributed by atoms with Gasteiger partial charge in [-0.05, 0) is 54.8 Å². The Morgan fingerprint density at radius 1 is 0.857 bits per heavy atom. The Bertz CT molecular complexity index is 1010. The van der Waals surface area contributed by atoms with Gasteiger partial charge in [-0.3, -0.25) is 9.59 Å². The highest BCUT2D eigenvalue weighted by atomic mass is 32.2. The van der Waals surface area contributed by atoms with Crippen molar-refractivity contribution in [1.82, 2.24) is 5.32 Å². The molecule has 0 fully saturated rings. The lowest BCUT2D eigenvalue weighted by atomic mass is 10.1. The van der Waals surface area contributed by atoms with E-state index in [1.807, 2.05) is 51.1 Å². The van der Waals surface area contributed by atoms with Crippen LogP contribution in [0.15, 0.2) is 59.5 Å². The summed E-state index contributed by atoms with van der Waals surface area (Å²) in [5.74, 6) is -0.112. The van der Waals surface area contributed by atoms with Crippen molar-refractivity contribution >= 4 is 40.0 Å². The van der Waals surface area contributed by atoms with Crippen LogP contribution in [0.1, 0.15) is 16.7 Å². The first-order valence-electron chi connectivity index (χ1n) is 9.18. The zero-order chi connectivity index (χ0) is 20.1. The molecule has 0 aromatic heterocycles. The summed E-state index contributed by atoms with van der Waals surface area (Å²) in [6.45, 7) is 5.92. The molecule has 0 heterocycles. The van der Waals surface area contributed by atoms with Gasteiger partial charge < -0.3 is 10.6 Å². The van der Waals surface area contributed by atoms with Crippen LogP contribution in [0, 0.1) is 20.8 Å². The minimum absolute atomic E-state index is 0.0378. The van der Waals surface area contributed by atoms with E-state index in [1.165, 1.54) is 17.1 Å². The molecule has 0 spiro atoms. The number of carbonyl (C=O) groups excluding carboxylic acids is 2. The maximum atomic E-state index is 12.2. The third-order valence-corrected chi connectivity index (χ3v) is 5.47. The van der Waals surface area contributed by atoms with Crippen LogP contribution in [0.5, 0.6) is 0 Å². The number of thioether (sulfide) groups is 1. The molecule has 3 rings (SSSR count). The van der Waals surface area contributed by atoms with Crippen molar-refractivity contribution in [3.63, 3.8) is 0 Å². The summed E-state index contributed by atoms with van der Waals surface area (Å²) in [5.41, 5.74) is 4.01. The Balaban J connectivity index is 1.49. The standard InChI is InChI=1S/C23H24N2O2S/c1-15-10-16(2)23(17(3)11-15)25-21(26)13-24-22(27)14-28-20-9-8-18-6-4-5-7-19(18)12-20/h4-12H,13-14H2,1-3H3,(H,24,27)(H,25,26). The van der Waals surface area contributed by atoms with Crippen LogP contribution in [0.25, 0.3) is 10.8 Å². The number of carbonyl (C=O) groups is 2. The first kappa shape index (κ1) is 20.0. The zero-order valence-corrected chi connectivity index (χ0v) is 17.2. The monoisotopic (exact) mass is 392 g/mol. The topological polar surface area (TPSA) is 58.2 Å². The average Bonchev–Trinajstić information content (AvgIpc) is 2.67. The lowest BCUT2D eigenvalue weighted by Gasteiger charge is -2.13. The largest absolute Gasteiger partial charge is 0.346 e. The Labute approximate surface area is 169 Å². The summed E-state index contributed by atoms with van der Waals surface area (Å²) in [7, 11) is 0. The van der Waals surface area contributed by atoms with E-state index in [0.29, 0.717) is 0 Å². The molecule has 0 unspecified atom stereocenters. The highest BCUT2D eigenvalue weighted by Gasteiger charge is 2.10. The molecule has 0 aliphatic heterocycles. The molecule has 0 atom stereocenters. The van der Waals surface area contributed by atoms with Crippen LogP contribution in [0.4, 0.5) is 5.69 Å². The van der Waals surface area contributed by atoms with E-state index in [2.05, 4.69) is 34.9 Å². The van der Waals surface area contributed by atoms with Gasteiger partial charge in [0.05, 0.1) is 12.3 Å². The average molecular weight is 393 g/mol. The molecule has 5 heteroatoms. The number of nitrogens with one attached hydrogen (secondary N) is 2. The number of rotatable bonds is 6.